The van der Waals surface area contributed by atoms with E-state index in [2.05, 4.69) is 4.90 Å². The summed E-state index contributed by atoms with van der Waals surface area (Å²) in [5, 5.41) is 0. The van der Waals surface area contributed by atoms with Crippen molar-refractivity contribution in [1.29, 1.82) is 0 Å². The maximum Gasteiger partial charge on any atom is 0.150 e. The van der Waals surface area contributed by atoms with Crippen molar-refractivity contribution in [1.82, 2.24) is 0 Å². The molecular formula is C16H17NO2. The number of rotatable bonds is 4. The molecule has 0 atom stereocenters. The Kier molecular flexibility index (Phi) is 3.85. The van der Waals surface area contributed by atoms with Gasteiger partial charge in [0.25, 0.3) is 0 Å². The number of aldehydes is 1. The zero-order chi connectivity index (χ0) is 13.8. The first-order valence-corrected chi connectivity index (χ1v) is 6.09. The van der Waals surface area contributed by atoms with E-state index in [0.717, 1.165) is 34.5 Å². The van der Waals surface area contributed by atoms with Gasteiger partial charge in [0.2, 0.25) is 0 Å². The van der Waals surface area contributed by atoms with Crippen LogP contribution in [0.5, 0.6) is 5.75 Å². The zero-order valence-electron chi connectivity index (χ0n) is 11.4. The molecule has 0 aromatic heterocycles. The standard InChI is InChI=1S/C16H17NO2/c1-12-9-15(8-7-13(12)11-18)17(2)14-5-4-6-16(10-14)19-3/h4-11H,1-3H3. The molecule has 2 aromatic rings. The van der Waals surface area contributed by atoms with Crippen molar-refractivity contribution in [2.75, 3.05) is 19.1 Å². The highest BCUT2D eigenvalue weighted by atomic mass is 16.5. The quantitative estimate of drug-likeness (QED) is 0.782. The van der Waals surface area contributed by atoms with Gasteiger partial charge in [0.1, 0.15) is 12.0 Å². The van der Waals surface area contributed by atoms with Gasteiger partial charge in [0, 0.05) is 30.1 Å². The predicted molar refractivity (Wildman–Crippen MR) is 77.6 cm³/mol. The number of ether oxygens (including phenoxy) is 1. The lowest BCUT2D eigenvalue weighted by Crippen LogP contribution is -2.09. The second-order valence-electron chi connectivity index (χ2n) is 4.42. The van der Waals surface area contributed by atoms with Gasteiger partial charge < -0.3 is 9.64 Å². The largest absolute Gasteiger partial charge is 0.497 e. The van der Waals surface area contributed by atoms with Gasteiger partial charge in [-0.15, -0.1) is 0 Å². The number of nitrogens with zero attached hydrogens (tertiary/aromatic N) is 1. The molecule has 0 unspecified atom stereocenters. The minimum Gasteiger partial charge on any atom is -0.497 e. The van der Waals surface area contributed by atoms with E-state index in [-0.39, 0.29) is 0 Å². The summed E-state index contributed by atoms with van der Waals surface area (Å²) in [7, 11) is 3.65. The smallest absolute Gasteiger partial charge is 0.150 e. The highest BCUT2D eigenvalue weighted by Gasteiger charge is 2.06. The third-order valence-corrected chi connectivity index (χ3v) is 3.21. The Hall–Kier alpha value is -2.29. The second kappa shape index (κ2) is 5.57. The van der Waals surface area contributed by atoms with Crippen molar-refractivity contribution in [2.45, 2.75) is 6.92 Å². The number of hydrogen-bond acceptors (Lipinski definition) is 3. The predicted octanol–water partition coefficient (Wildman–Crippen LogP) is 3.58. The van der Waals surface area contributed by atoms with Crippen LogP contribution in [-0.2, 0) is 0 Å². The Balaban J connectivity index is 2.35. The number of methoxy groups -OCH3 is 1. The lowest BCUT2D eigenvalue weighted by atomic mass is 10.1. The summed E-state index contributed by atoms with van der Waals surface area (Å²) in [5.74, 6) is 0.825. The number of anilines is 2. The molecule has 0 fully saturated rings. The first-order chi connectivity index (χ1) is 9.15. The highest BCUT2D eigenvalue weighted by Crippen LogP contribution is 2.27. The van der Waals surface area contributed by atoms with Crippen molar-refractivity contribution < 1.29 is 9.53 Å². The zero-order valence-corrected chi connectivity index (χ0v) is 11.4. The van der Waals surface area contributed by atoms with Gasteiger partial charge in [0.15, 0.2) is 0 Å². The third-order valence-electron chi connectivity index (χ3n) is 3.21. The van der Waals surface area contributed by atoms with Crippen LogP contribution in [0.2, 0.25) is 0 Å². The molecule has 0 amide bonds. The van der Waals surface area contributed by atoms with Gasteiger partial charge in [-0.3, -0.25) is 4.79 Å². The molecule has 0 radical (unpaired) electrons. The number of carbonyl (C=O) groups excluding carboxylic acids is 1. The molecule has 0 aliphatic carbocycles. The summed E-state index contributed by atoms with van der Waals surface area (Å²) in [6, 6.07) is 13.7. The second-order valence-corrected chi connectivity index (χ2v) is 4.42. The van der Waals surface area contributed by atoms with Crippen LogP contribution in [0.15, 0.2) is 42.5 Å². The van der Waals surface area contributed by atoms with E-state index in [1.165, 1.54) is 0 Å². The molecule has 0 aliphatic rings. The minimum atomic E-state index is 0.725. The number of carbonyl (C=O) groups is 1. The SMILES string of the molecule is COc1cccc(N(C)c2ccc(C=O)c(C)c2)c1. The van der Waals surface area contributed by atoms with E-state index < -0.39 is 0 Å². The van der Waals surface area contributed by atoms with Gasteiger partial charge >= 0.3 is 0 Å². The van der Waals surface area contributed by atoms with Crippen LogP contribution < -0.4 is 9.64 Å². The van der Waals surface area contributed by atoms with Crippen LogP contribution in [0.25, 0.3) is 0 Å². The Bertz CT molecular complexity index is 593. The fourth-order valence-electron chi connectivity index (χ4n) is 1.97. The highest BCUT2D eigenvalue weighted by molar-refractivity contribution is 5.79. The average molecular weight is 255 g/mol. The molecule has 2 rings (SSSR count). The summed E-state index contributed by atoms with van der Waals surface area (Å²) >= 11 is 0. The number of hydrogen-bond donors (Lipinski definition) is 0. The van der Waals surface area contributed by atoms with E-state index >= 15 is 0 Å². The lowest BCUT2D eigenvalue weighted by Gasteiger charge is -2.21. The molecule has 19 heavy (non-hydrogen) atoms. The maximum atomic E-state index is 10.8. The minimum absolute atomic E-state index is 0.725. The van der Waals surface area contributed by atoms with Crippen LogP contribution in [0.1, 0.15) is 15.9 Å². The fourth-order valence-corrected chi connectivity index (χ4v) is 1.97. The number of aryl methyl sites for hydroxylation is 1. The summed E-state index contributed by atoms with van der Waals surface area (Å²) < 4.78 is 5.23. The fraction of sp³-hybridized carbons (Fsp3) is 0.188. The summed E-state index contributed by atoms with van der Waals surface area (Å²) in [6.45, 7) is 1.94. The molecule has 0 N–H and O–H groups in total. The molecule has 0 heterocycles. The number of benzene rings is 2. The Labute approximate surface area is 113 Å². The molecule has 0 spiro atoms. The summed E-state index contributed by atoms with van der Waals surface area (Å²) in [6.07, 6.45) is 0.880. The van der Waals surface area contributed by atoms with Gasteiger partial charge in [-0.25, -0.2) is 0 Å². The van der Waals surface area contributed by atoms with E-state index in [1.54, 1.807) is 7.11 Å². The first kappa shape index (κ1) is 13.1. The molecule has 2 aromatic carbocycles. The van der Waals surface area contributed by atoms with Crippen LogP contribution in [0.3, 0.4) is 0 Å². The molecular weight excluding hydrogens is 238 g/mol. The molecule has 98 valence electrons. The van der Waals surface area contributed by atoms with Gasteiger partial charge in [-0.2, -0.15) is 0 Å². The van der Waals surface area contributed by atoms with Gasteiger partial charge in [-0.05, 0) is 42.8 Å². The molecule has 0 aliphatic heterocycles. The Morgan fingerprint density at radius 2 is 1.84 bits per heavy atom. The topological polar surface area (TPSA) is 29.5 Å². The van der Waals surface area contributed by atoms with E-state index in [0.29, 0.717) is 0 Å². The third kappa shape index (κ3) is 2.76. The van der Waals surface area contributed by atoms with Crippen LogP contribution >= 0.6 is 0 Å². The first-order valence-electron chi connectivity index (χ1n) is 6.09. The van der Waals surface area contributed by atoms with Crippen molar-refractivity contribution in [3.63, 3.8) is 0 Å². The van der Waals surface area contributed by atoms with E-state index in [1.807, 2.05) is 56.4 Å². The molecule has 0 saturated heterocycles. The van der Waals surface area contributed by atoms with Crippen LogP contribution in [-0.4, -0.2) is 20.4 Å². The molecule has 0 bridgehead atoms. The summed E-state index contributed by atoms with van der Waals surface area (Å²) in [4.78, 5) is 12.9. The van der Waals surface area contributed by atoms with Crippen molar-refractivity contribution in [2.24, 2.45) is 0 Å². The molecule has 3 nitrogen and oxygen atoms in total. The van der Waals surface area contributed by atoms with Crippen LogP contribution in [0, 0.1) is 6.92 Å². The average Bonchev–Trinajstić information content (AvgIpc) is 2.46. The Morgan fingerprint density at radius 3 is 2.47 bits per heavy atom. The summed E-state index contributed by atoms with van der Waals surface area (Å²) in [5.41, 5.74) is 3.78. The van der Waals surface area contributed by atoms with Crippen molar-refractivity contribution in [3.8, 4) is 5.75 Å². The maximum absolute atomic E-state index is 10.8. The van der Waals surface area contributed by atoms with Crippen molar-refractivity contribution in [3.05, 3.63) is 53.6 Å². The van der Waals surface area contributed by atoms with Crippen molar-refractivity contribution >= 4 is 17.7 Å². The monoisotopic (exact) mass is 255 g/mol. The lowest BCUT2D eigenvalue weighted by molar-refractivity contribution is 0.112. The Morgan fingerprint density at radius 1 is 1.11 bits per heavy atom. The van der Waals surface area contributed by atoms with E-state index in [9.17, 15) is 4.79 Å². The molecule has 0 saturated carbocycles. The van der Waals surface area contributed by atoms with Gasteiger partial charge in [0.05, 0.1) is 7.11 Å². The van der Waals surface area contributed by atoms with E-state index in [4.69, 9.17) is 4.74 Å². The normalized spacial score (nSPS) is 10.1. The van der Waals surface area contributed by atoms with Crippen LogP contribution in [0.4, 0.5) is 11.4 Å². The molecule has 3 heteroatoms. The van der Waals surface area contributed by atoms with Gasteiger partial charge in [-0.1, -0.05) is 6.07 Å².